The van der Waals surface area contributed by atoms with Crippen molar-refractivity contribution >= 4 is 23.6 Å². The predicted molar refractivity (Wildman–Crippen MR) is 67.5 cm³/mol. The Balaban J connectivity index is 3.17. The van der Waals surface area contributed by atoms with Crippen LogP contribution in [0.3, 0.4) is 0 Å². The molecule has 0 heterocycles. The van der Waals surface area contributed by atoms with Gasteiger partial charge in [-0.2, -0.15) is 0 Å². The number of carbonyl (C=O) groups is 1. The van der Waals surface area contributed by atoms with Crippen LogP contribution in [0, 0.1) is 0 Å². The molecule has 1 aromatic carbocycles. The van der Waals surface area contributed by atoms with Crippen molar-refractivity contribution in [3.63, 3.8) is 0 Å². The Hall–Kier alpha value is -1.52. The molecule has 0 amide bonds. The highest BCUT2D eigenvalue weighted by atomic mass is 35.5. The first kappa shape index (κ1) is 13.5. The molecule has 5 heteroatoms. The molecule has 0 radical (unpaired) electrons. The summed E-state index contributed by atoms with van der Waals surface area (Å²) in [5.74, 6) is -0.384. The lowest BCUT2D eigenvalue weighted by Gasteiger charge is -2.07. The Labute approximate surface area is 105 Å². The number of likely N-dealkylation sites (N-methyl/N-ethyl adjacent to an activating group) is 1. The average Bonchev–Trinajstić information content (AvgIpc) is 2.28. The molecule has 0 aliphatic carbocycles. The van der Waals surface area contributed by atoms with Crippen molar-refractivity contribution < 1.29 is 14.6 Å². The number of rotatable bonds is 5. The first-order valence-corrected chi connectivity index (χ1v) is 5.38. The maximum atomic E-state index is 11.0. The lowest BCUT2D eigenvalue weighted by molar-refractivity contribution is -0.132. The molecule has 0 unspecified atom stereocenters. The molecule has 1 aromatic rings. The molecule has 0 spiro atoms. The summed E-state index contributed by atoms with van der Waals surface area (Å²) >= 11 is 5.87. The lowest BCUT2D eigenvalue weighted by atomic mass is 10.1. The fraction of sp³-hybridized carbons (Fsp3) is 0.250. The Morgan fingerprint density at radius 3 is 2.82 bits per heavy atom. The Morgan fingerprint density at radius 2 is 2.29 bits per heavy atom. The third-order valence-electron chi connectivity index (χ3n) is 2.16. The number of benzene rings is 1. The van der Waals surface area contributed by atoms with E-state index >= 15 is 0 Å². The third-order valence-corrected chi connectivity index (χ3v) is 2.40. The zero-order chi connectivity index (χ0) is 12.8. The van der Waals surface area contributed by atoms with Crippen molar-refractivity contribution in [2.75, 3.05) is 20.7 Å². The average molecular weight is 256 g/mol. The van der Waals surface area contributed by atoms with Crippen molar-refractivity contribution in [1.82, 2.24) is 5.32 Å². The minimum atomic E-state index is -0.971. The molecule has 2 N–H and O–H groups in total. The minimum absolute atomic E-state index is 0.244. The van der Waals surface area contributed by atoms with Crippen molar-refractivity contribution in [3.8, 4) is 5.75 Å². The van der Waals surface area contributed by atoms with Crippen LogP contribution in [0.25, 0.3) is 6.08 Å². The van der Waals surface area contributed by atoms with Crippen LogP contribution in [-0.2, 0) is 4.79 Å². The molecule has 0 aromatic heterocycles. The minimum Gasteiger partial charge on any atom is -0.496 e. The fourth-order valence-corrected chi connectivity index (χ4v) is 1.57. The molecule has 0 bridgehead atoms. The maximum Gasteiger partial charge on any atom is 0.332 e. The predicted octanol–water partition coefficient (Wildman–Crippen LogP) is 2.04. The van der Waals surface area contributed by atoms with Gasteiger partial charge in [0, 0.05) is 17.1 Å². The Bertz CT molecular complexity index is 443. The number of hydrogen-bond donors (Lipinski definition) is 2. The number of ether oxygens (including phenoxy) is 1. The first-order valence-electron chi connectivity index (χ1n) is 5.00. The van der Waals surface area contributed by atoms with Crippen molar-refractivity contribution in [1.29, 1.82) is 0 Å². The molecule has 92 valence electrons. The van der Waals surface area contributed by atoms with Gasteiger partial charge in [-0.1, -0.05) is 11.6 Å². The van der Waals surface area contributed by atoms with Crippen LogP contribution in [0.2, 0.25) is 5.02 Å². The van der Waals surface area contributed by atoms with E-state index in [1.807, 2.05) is 0 Å². The van der Waals surface area contributed by atoms with Crippen LogP contribution < -0.4 is 10.1 Å². The molecule has 0 atom stereocenters. The molecule has 1 rings (SSSR count). The summed E-state index contributed by atoms with van der Waals surface area (Å²) in [6, 6.07) is 5.06. The van der Waals surface area contributed by atoms with Gasteiger partial charge in [0.05, 0.1) is 12.7 Å². The maximum absolute atomic E-state index is 11.0. The molecular weight excluding hydrogens is 242 g/mol. The van der Waals surface area contributed by atoms with Crippen LogP contribution in [-0.4, -0.2) is 31.8 Å². The fourth-order valence-electron chi connectivity index (χ4n) is 1.38. The Morgan fingerprint density at radius 1 is 1.59 bits per heavy atom. The first-order chi connectivity index (χ1) is 8.08. The van der Waals surface area contributed by atoms with Crippen LogP contribution >= 0.6 is 11.6 Å². The summed E-state index contributed by atoms with van der Waals surface area (Å²) in [5.41, 5.74) is 0.890. The van der Waals surface area contributed by atoms with Crippen molar-refractivity contribution in [2.45, 2.75) is 0 Å². The van der Waals surface area contributed by atoms with E-state index in [2.05, 4.69) is 5.32 Å². The SMILES string of the molecule is CNCC(=Cc1cc(Cl)ccc1OC)C(=O)O. The zero-order valence-corrected chi connectivity index (χ0v) is 10.4. The molecule has 0 saturated carbocycles. The number of halogens is 1. The summed E-state index contributed by atoms with van der Waals surface area (Å²) in [4.78, 5) is 11.0. The summed E-state index contributed by atoms with van der Waals surface area (Å²) < 4.78 is 5.14. The summed E-state index contributed by atoms with van der Waals surface area (Å²) in [6.45, 7) is 0.269. The number of nitrogens with one attached hydrogen (secondary N) is 1. The summed E-state index contributed by atoms with van der Waals surface area (Å²) in [5, 5.41) is 12.3. The highest BCUT2D eigenvalue weighted by Gasteiger charge is 2.08. The van der Waals surface area contributed by atoms with Gasteiger partial charge in [0.1, 0.15) is 5.75 Å². The molecule has 0 aliphatic heterocycles. The van der Waals surface area contributed by atoms with E-state index in [-0.39, 0.29) is 12.1 Å². The largest absolute Gasteiger partial charge is 0.496 e. The standard InChI is InChI=1S/C12H14ClNO3/c1-14-7-9(12(15)16)5-8-6-10(13)3-4-11(8)17-2/h3-6,14H,7H2,1-2H3,(H,15,16). The van der Waals surface area contributed by atoms with Gasteiger partial charge in [0.25, 0.3) is 0 Å². The summed E-state index contributed by atoms with van der Waals surface area (Å²) in [7, 11) is 3.21. The Kier molecular flexibility index (Phi) is 5.00. The monoisotopic (exact) mass is 255 g/mol. The molecule has 0 saturated heterocycles. The van der Waals surface area contributed by atoms with E-state index in [0.29, 0.717) is 16.3 Å². The van der Waals surface area contributed by atoms with E-state index in [1.54, 1.807) is 31.3 Å². The van der Waals surface area contributed by atoms with E-state index in [0.717, 1.165) is 0 Å². The highest BCUT2D eigenvalue weighted by molar-refractivity contribution is 6.30. The zero-order valence-electron chi connectivity index (χ0n) is 9.66. The quantitative estimate of drug-likeness (QED) is 0.791. The molecule has 0 aliphatic rings. The number of carboxylic acid groups (broad SMARTS) is 1. The van der Waals surface area contributed by atoms with Gasteiger partial charge < -0.3 is 15.2 Å². The van der Waals surface area contributed by atoms with Gasteiger partial charge >= 0.3 is 5.97 Å². The van der Waals surface area contributed by atoms with Crippen LogP contribution in [0.4, 0.5) is 0 Å². The lowest BCUT2D eigenvalue weighted by Crippen LogP contribution is -2.16. The van der Waals surface area contributed by atoms with Gasteiger partial charge in [-0.05, 0) is 31.3 Å². The van der Waals surface area contributed by atoms with Crippen LogP contribution in [0.15, 0.2) is 23.8 Å². The smallest absolute Gasteiger partial charge is 0.332 e. The molecule has 0 fully saturated rings. The molecule has 4 nitrogen and oxygen atoms in total. The molecular formula is C12H14ClNO3. The van der Waals surface area contributed by atoms with Gasteiger partial charge in [-0.3, -0.25) is 0 Å². The second kappa shape index (κ2) is 6.27. The second-order valence-corrected chi connectivity index (χ2v) is 3.83. The number of aliphatic carboxylic acids is 1. The topological polar surface area (TPSA) is 58.6 Å². The van der Waals surface area contributed by atoms with Gasteiger partial charge in [0.15, 0.2) is 0 Å². The van der Waals surface area contributed by atoms with Gasteiger partial charge in [-0.25, -0.2) is 4.79 Å². The van der Waals surface area contributed by atoms with Gasteiger partial charge in [0.2, 0.25) is 0 Å². The van der Waals surface area contributed by atoms with E-state index < -0.39 is 5.97 Å². The normalized spacial score (nSPS) is 11.4. The van der Waals surface area contributed by atoms with E-state index in [4.69, 9.17) is 21.4 Å². The van der Waals surface area contributed by atoms with Crippen molar-refractivity contribution in [2.24, 2.45) is 0 Å². The van der Waals surface area contributed by atoms with Crippen LogP contribution in [0.1, 0.15) is 5.56 Å². The van der Waals surface area contributed by atoms with E-state index in [1.165, 1.54) is 7.11 Å². The van der Waals surface area contributed by atoms with E-state index in [9.17, 15) is 4.79 Å². The van der Waals surface area contributed by atoms with Crippen LogP contribution in [0.5, 0.6) is 5.75 Å². The van der Waals surface area contributed by atoms with Gasteiger partial charge in [-0.15, -0.1) is 0 Å². The number of methoxy groups -OCH3 is 1. The second-order valence-electron chi connectivity index (χ2n) is 3.39. The molecule has 17 heavy (non-hydrogen) atoms. The highest BCUT2D eigenvalue weighted by Crippen LogP contribution is 2.24. The van der Waals surface area contributed by atoms with Crippen molar-refractivity contribution in [3.05, 3.63) is 34.4 Å². The number of carboxylic acids is 1. The third kappa shape index (κ3) is 3.76. The number of hydrogen-bond acceptors (Lipinski definition) is 3. The summed E-state index contributed by atoms with van der Waals surface area (Å²) in [6.07, 6.45) is 1.55.